The van der Waals surface area contributed by atoms with Crippen molar-refractivity contribution in [1.29, 1.82) is 0 Å². The summed E-state index contributed by atoms with van der Waals surface area (Å²) in [6.07, 6.45) is -4.57. The molecule has 0 bridgehead atoms. The van der Waals surface area contributed by atoms with Gasteiger partial charge in [0.25, 0.3) is 5.69 Å². The molecule has 0 saturated carbocycles. The van der Waals surface area contributed by atoms with E-state index in [1.807, 2.05) is 0 Å². The van der Waals surface area contributed by atoms with Gasteiger partial charge in [0.05, 0.1) is 11.5 Å². The Morgan fingerprint density at radius 2 is 1.91 bits per heavy atom. The summed E-state index contributed by atoms with van der Waals surface area (Å²) in [6.45, 7) is -0.133. The molecular weight excluding hydrogens is 307 g/mol. The first-order valence-corrected chi connectivity index (χ1v) is 5.98. The molecule has 118 valence electrons. The fraction of sp³-hybridized carbons (Fsp3) is 0.364. The molecule has 8 nitrogen and oxygen atoms in total. The fourth-order valence-electron chi connectivity index (χ4n) is 1.87. The van der Waals surface area contributed by atoms with Crippen molar-refractivity contribution < 1.29 is 18.1 Å². The second-order valence-corrected chi connectivity index (χ2v) is 4.57. The summed E-state index contributed by atoms with van der Waals surface area (Å²) in [7, 11) is 0. The number of benzene rings is 1. The highest BCUT2D eigenvalue weighted by Crippen LogP contribution is 2.19. The zero-order valence-electron chi connectivity index (χ0n) is 11.2. The summed E-state index contributed by atoms with van der Waals surface area (Å²) in [5.41, 5.74) is -0.229. The van der Waals surface area contributed by atoms with E-state index < -0.39 is 23.3 Å². The first kappa shape index (κ1) is 15.7. The second-order valence-electron chi connectivity index (χ2n) is 4.57. The van der Waals surface area contributed by atoms with E-state index in [2.05, 4.69) is 10.4 Å². The quantitative estimate of drug-likeness (QED) is 0.625. The smallest absolute Gasteiger partial charge is 0.258 e. The second kappa shape index (κ2) is 5.58. The molecule has 0 atom stereocenters. The van der Waals surface area contributed by atoms with E-state index in [4.69, 9.17) is 0 Å². The minimum atomic E-state index is -4.57. The van der Waals surface area contributed by atoms with Crippen LogP contribution in [-0.2, 0) is 13.1 Å². The number of nitro groups is 1. The number of hydrogen-bond acceptors (Lipinski definition) is 5. The van der Waals surface area contributed by atoms with Crippen LogP contribution in [0.1, 0.15) is 11.1 Å². The van der Waals surface area contributed by atoms with Gasteiger partial charge in [-0.25, -0.2) is 4.79 Å². The predicted octanol–water partition coefficient (Wildman–Crippen LogP) is 1.27. The summed E-state index contributed by atoms with van der Waals surface area (Å²) in [6, 6.07) is 4.13. The van der Waals surface area contributed by atoms with Gasteiger partial charge >= 0.3 is 11.9 Å². The van der Waals surface area contributed by atoms with Crippen LogP contribution in [0, 0.1) is 17.0 Å². The Morgan fingerprint density at radius 3 is 2.45 bits per heavy atom. The van der Waals surface area contributed by atoms with Gasteiger partial charge in [0.15, 0.2) is 0 Å². The number of rotatable bonds is 4. The van der Waals surface area contributed by atoms with Gasteiger partial charge in [-0.1, -0.05) is 6.07 Å². The molecule has 22 heavy (non-hydrogen) atoms. The number of aryl methyl sites for hydroxylation is 1. The van der Waals surface area contributed by atoms with Gasteiger partial charge in [0.1, 0.15) is 6.54 Å². The Labute approximate surface area is 120 Å². The molecule has 0 aliphatic rings. The van der Waals surface area contributed by atoms with Crippen molar-refractivity contribution in [3.05, 3.63) is 49.9 Å². The van der Waals surface area contributed by atoms with Crippen molar-refractivity contribution >= 4 is 5.69 Å². The summed E-state index contributed by atoms with van der Waals surface area (Å²) in [5, 5.41) is 17.2. The maximum Gasteiger partial charge on any atom is 0.408 e. The Kier molecular flexibility index (Phi) is 3.97. The largest absolute Gasteiger partial charge is 0.408 e. The van der Waals surface area contributed by atoms with Gasteiger partial charge in [-0.2, -0.15) is 22.5 Å². The highest BCUT2D eigenvalue weighted by atomic mass is 19.4. The SMILES string of the molecule is Cc1cc(Cn2nnn(CC(F)(F)F)c2=O)ccc1[N+](=O)[O-]. The van der Waals surface area contributed by atoms with Gasteiger partial charge < -0.3 is 0 Å². The third kappa shape index (κ3) is 3.48. The standard InChI is InChI=1S/C11H10F3N5O3/c1-7-4-8(2-3-9(7)19(21)22)5-17-10(20)18(16-15-17)6-11(12,13)14/h2-4H,5-6H2,1H3. The van der Waals surface area contributed by atoms with Gasteiger partial charge in [-0.05, 0) is 29.0 Å². The van der Waals surface area contributed by atoms with Crippen molar-refractivity contribution in [3.63, 3.8) is 0 Å². The Hall–Kier alpha value is -2.72. The number of tetrazole rings is 1. The summed E-state index contributed by atoms with van der Waals surface area (Å²) in [4.78, 5) is 21.9. The summed E-state index contributed by atoms with van der Waals surface area (Å²) >= 11 is 0. The molecule has 1 aromatic heterocycles. The molecule has 0 radical (unpaired) electrons. The molecule has 0 aliphatic carbocycles. The molecule has 0 saturated heterocycles. The van der Waals surface area contributed by atoms with Crippen LogP contribution >= 0.6 is 0 Å². The summed E-state index contributed by atoms with van der Waals surface area (Å²) < 4.78 is 37.7. The van der Waals surface area contributed by atoms with E-state index in [0.717, 1.165) is 4.68 Å². The molecule has 0 aliphatic heterocycles. The van der Waals surface area contributed by atoms with Crippen LogP contribution in [0.15, 0.2) is 23.0 Å². The normalized spacial score (nSPS) is 11.6. The molecule has 11 heteroatoms. The van der Waals surface area contributed by atoms with Crippen LogP contribution in [0.25, 0.3) is 0 Å². The van der Waals surface area contributed by atoms with Crippen molar-refractivity contribution in [2.24, 2.45) is 0 Å². The Bertz CT molecular complexity index is 765. The highest BCUT2D eigenvalue weighted by Gasteiger charge is 2.30. The topological polar surface area (TPSA) is 95.8 Å². The van der Waals surface area contributed by atoms with E-state index in [9.17, 15) is 28.1 Å². The van der Waals surface area contributed by atoms with Crippen LogP contribution in [0.3, 0.4) is 0 Å². The maximum atomic E-state index is 12.2. The zero-order chi connectivity index (χ0) is 16.5. The molecule has 0 amide bonds. The van der Waals surface area contributed by atoms with Crippen molar-refractivity contribution in [2.75, 3.05) is 0 Å². The number of nitro benzene ring substituents is 1. The Morgan fingerprint density at radius 1 is 1.27 bits per heavy atom. The molecule has 0 spiro atoms. The van der Waals surface area contributed by atoms with Gasteiger partial charge in [0.2, 0.25) is 0 Å². The first-order valence-electron chi connectivity index (χ1n) is 5.98. The lowest BCUT2D eigenvalue weighted by molar-refractivity contribution is -0.385. The molecule has 2 aromatic rings. The Balaban J connectivity index is 2.23. The minimum absolute atomic E-state index is 0.0863. The van der Waals surface area contributed by atoms with Crippen molar-refractivity contribution in [3.8, 4) is 0 Å². The minimum Gasteiger partial charge on any atom is -0.258 e. The molecule has 2 rings (SSSR count). The monoisotopic (exact) mass is 317 g/mol. The zero-order valence-corrected chi connectivity index (χ0v) is 11.2. The molecule has 0 unspecified atom stereocenters. The maximum absolute atomic E-state index is 12.2. The average Bonchev–Trinajstić information content (AvgIpc) is 2.69. The van der Waals surface area contributed by atoms with Gasteiger partial charge in [0, 0.05) is 11.6 Å². The van der Waals surface area contributed by atoms with Crippen LogP contribution in [-0.4, -0.2) is 30.9 Å². The highest BCUT2D eigenvalue weighted by molar-refractivity contribution is 5.41. The average molecular weight is 317 g/mol. The van der Waals surface area contributed by atoms with Crippen molar-refractivity contribution in [1.82, 2.24) is 19.8 Å². The van der Waals surface area contributed by atoms with E-state index in [0.29, 0.717) is 11.1 Å². The van der Waals surface area contributed by atoms with Crippen LogP contribution in [0.4, 0.5) is 18.9 Å². The van der Waals surface area contributed by atoms with E-state index in [-0.39, 0.29) is 16.9 Å². The summed E-state index contributed by atoms with van der Waals surface area (Å²) in [5.74, 6) is 0. The van der Waals surface area contributed by atoms with Crippen molar-refractivity contribution in [2.45, 2.75) is 26.2 Å². The molecule has 0 N–H and O–H groups in total. The molecular formula is C11H10F3N5O3. The third-order valence-electron chi connectivity index (χ3n) is 2.82. The fourth-order valence-corrected chi connectivity index (χ4v) is 1.87. The molecule has 0 fully saturated rings. The number of halogens is 3. The number of nitrogens with zero attached hydrogens (tertiary/aromatic N) is 5. The van der Waals surface area contributed by atoms with Crippen LogP contribution in [0.5, 0.6) is 0 Å². The van der Waals surface area contributed by atoms with E-state index in [1.165, 1.54) is 25.1 Å². The van der Waals surface area contributed by atoms with Gasteiger partial charge in [-0.3, -0.25) is 10.1 Å². The number of aromatic nitrogens is 4. The predicted molar refractivity (Wildman–Crippen MR) is 67.3 cm³/mol. The third-order valence-corrected chi connectivity index (χ3v) is 2.82. The van der Waals surface area contributed by atoms with E-state index >= 15 is 0 Å². The molecule has 1 aromatic carbocycles. The number of hydrogen-bond donors (Lipinski definition) is 0. The van der Waals surface area contributed by atoms with Crippen LogP contribution in [0.2, 0.25) is 0 Å². The lowest BCUT2D eigenvalue weighted by Gasteiger charge is -2.04. The molecule has 1 heterocycles. The first-order chi connectivity index (χ1) is 10.2. The van der Waals surface area contributed by atoms with Gasteiger partial charge in [-0.15, -0.1) is 0 Å². The lowest BCUT2D eigenvalue weighted by atomic mass is 10.1. The lowest BCUT2D eigenvalue weighted by Crippen LogP contribution is -2.31. The van der Waals surface area contributed by atoms with E-state index in [1.54, 1.807) is 0 Å². The van der Waals surface area contributed by atoms with Crippen LogP contribution < -0.4 is 5.69 Å². The number of alkyl halides is 3.